The largest absolute Gasteiger partial charge is 0.381 e. The van der Waals surface area contributed by atoms with Gasteiger partial charge in [0.2, 0.25) is 0 Å². The number of rotatable bonds is 5. The lowest BCUT2D eigenvalue weighted by atomic mass is 9.70. The fourth-order valence-corrected chi connectivity index (χ4v) is 1.94. The van der Waals surface area contributed by atoms with E-state index in [9.17, 15) is 0 Å². The molecule has 1 heteroatoms. The normalized spacial score (nSPS) is 28.2. The molecule has 0 aromatic rings. The van der Waals surface area contributed by atoms with Crippen molar-refractivity contribution >= 4 is 0 Å². The lowest BCUT2D eigenvalue weighted by Gasteiger charge is -2.38. The van der Waals surface area contributed by atoms with Crippen LogP contribution in [0.25, 0.3) is 0 Å². The Morgan fingerprint density at radius 3 is 2.23 bits per heavy atom. The molecule has 0 amide bonds. The van der Waals surface area contributed by atoms with Gasteiger partial charge in [-0.3, -0.25) is 0 Å². The topological polar surface area (TPSA) is 9.23 Å². The van der Waals surface area contributed by atoms with Crippen molar-refractivity contribution in [3.63, 3.8) is 0 Å². The van der Waals surface area contributed by atoms with E-state index in [-0.39, 0.29) is 0 Å². The fraction of sp³-hybridized carbons (Fsp3) is 1.00. The van der Waals surface area contributed by atoms with Crippen LogP contribution in [0.5, 0.6) is 0 Å². The van der Waals surface area contributed by atoms with E-state index in [4.69, 9.17) is 4.74 Å². The molecule has 0 heterocycles. The average Bonchev–Trinajstić information content (AvgIpc) is 1.92. The van der Waals surface area contributed by atoms with Crippen molar-refractivity contribution in [2.75, 3.05) is 13.2 Å². The lowest BCUT2D eigenvalue weighted by Crippen LogP contribution is -2.31. The molecule has 0 saturated heterocycles. The van der Waals surface area contributed by atoms with Crippen LogP contribution < -0.4 is 0 Å². The zero-order chi connectivity index (χ0) is 9.84. The number of ether oxygens (including phenoxy) is 1. The third kappa shape index (κ3) is 3.68. The fourth-order valence-electron chi connectivity index (χ4n) is 1.94. The second-order valence-electron chi connectivity index (χ2n) is 5.27. The third-order valence-electron chi connectivity index (χ3n) is 3.02. The summed E-state index contributed by atoms with van der Waals surface area (Å²) in [6.07, 6.45) is 2.80. The van der Waals surface area contributed by atoms with Gasteiger partial charge in [-0.25, -0.2) is 0 Å². The smallest absolute Gasteiger partial charge is 0.0494 e. The Morgan fingerprint density at radius 2 is 1.77 bits per heavy atom. The minimum absolute atomic E-state index is 0.681. The molecule has 0 aromatic heterocycles. The van der Waals surface area contributed by atoms with Gasteiger partial charge in [0.25, 0.3) is 0 Å². The number of hydrogen-bond donors (Lipinski definition) is 0. The van der Waals surface area contributed by atoms with E-state index in [1.54, 1.807) is 0 Å². The van der Waals surface area contributed by atoms with Crippen molar-refractivity contribution in [1.82, 2.24) is 0 Å². The predicted octanol–water partition coefficient (Wildman–Crippen LogP) is 3.34. The van der Waals surface area contributed by atoms with Gasteiger partial charge in [-0.15, -0.1) is 0 Å². The van der Waals surface area contributed by atoms with Crippen LogP contribution in [-0.4, -0.2) is 13.2 Å². The van der Waals surface area contributed by atoms with Crippen LogP contribution in [-0.2, 0) is 4.74 Å². The summed E-state index contributed by atoms with van der Waals surface area (Å²) in [6.45, 7) is 11.0. The van der Waals surface area contributed by atoms with Crippen LogP contribution in [0.15, 0.2) is 0 Å². The minimum Gasteiger partial charge on any atom is -0.381 e. The summed E-state index contributed by atoms with van der Waals surface area (Å²) in [5.41, 5.74) is 0. The van der Waals surface area contributed by atoms with E-state index in [1.807, 2.05) is 0 Å². The van der Waals surface area contributed by atoms with Gasteiger partial charge in [-0.1, -0.05) is 27.7 Å². The quantitative estimate of drug-likeness (QED) is 0.636. The molecular weight excluding hydrogens is 160 g/mol. The molecule has 0 spiro atoms. The van der Waals surface area contributed by atoms with Crippen molar-refractivity contribution in [2.45, 2.75) is 40.5 Å². The van der Waals surface area contributed by atoms with Crippen LogP contribution in [0.3, 0.4) is 0 Å². The second kappa shape index (κ2) is 4.99. The van der Waals surface area contributed by atoms with Crippen LogP contribution in [0.1, 0.15) is 40.5 Å². The van der Waals surface area contributed by atoms with Gasteiger partial charge in [-0.05, 0) is 36.5 Å². The molecule has 1 saturated carbocycles. The van der Waals surface area contributed by atoms with E-state index in [0.29, 0.717) is 5.92 Å². The minimum atomic E-state index is 0.681. The summed E-state index contributed by atoms with van der Waals surface area (Å²) in [5, 5.41) is 0. The Labute approximate surface area is 82.9 Å². The van der Waals surface area contributed by atoms with E-state index in [2.05, 4.69) is 27.7 Å². The monoisotopic (exact) mass is 184 g/mol. The molecule has 0 radical (unpaired) electrons. The average molecular weight is 184 g/mol. The summed E-state index contributed by atoms with van der Waals surface area (Å²) in [5.74, 6) is 3.40. The van der Waals surface area contributed by atoms with Gasteiger partial charge in [0.1, 0.15) is 0 Å². The highest BCUT2D eigenvalue weighted by molar-refractivity contribution is 4.81. The van der Waals surface area contributed by atoms with Gasteiger partial charge >= 0.3 is 0 Å². The van der Waals surface area contributed by atoms with Crippen LogP contribution in [0.4, 0.5) is 0 Å². The highest BCUT2D eigenvalue weighted by atomic mass is 16.5. The molecule has 0 atom stereocenters. The number of hydrogen-bond acceptors (Lipinski definition) is 1. The van der Waals surface area contributed by atoms with Crippen molar-refractivity contribution in [3.8, 4) is 0 Å². The van der Waals surface area contributed by atoms with Crippen molar-refractivity contribution in [1.29, 1.82) is 0 Å². The molecule has 0 aliphatic heterocycles. The molecule has 13 heavy (non-hydrogen) atoms. The SMILES string of the molecule is CC(C)COCC1CC(C(C)C)C1. The summed E-state index contributed by atoms with van der Waals surface area (Å²) >= 11 is 0. The highest BCUT2D eigenvalue weighted by Crippen LogP contribution is 2.38. The Hall–Kier alpha value is -0.0400. The molecule has 1 aliphatic rings. The molecule has 0 N–H and O–H groups in total. The van der Waals surface area contributed by atoms with Crippen LogP contribution >= 0.6 is 0 Å². The summed E-state index contributed by atoms with van der Waals surface area (Å²) in [6, 6.07) is 0. The van der Waals surface area contributed by atoms with Gasteiger partial charge in [0.15, 0.2) is 0 Å². The Balaban J connectivity index is 1.96. The zero-order valence-corrected chi connectivity index (χ0v) is 9.55. The van der Waals surface area contributed by atoms with E-state index < -0.39 is 0 Å². The maximum Gasteiger partial charge on any atom is 0.0494 e. The molecule has 1 rings (SSSR count). The van der Waals surface area contributed by atoms with Crippen molar-refractivity contribution in [3.05, 3.63) is 0 Å². The molecule has 0 aromatic carbocycles. The van der Waals surface area contributed by atoms with E-state index in [0.717, 1.165) is 31.0 Å². The van der Waals surface area contributed by atoms with Gasteiger partial charge in [0, 0.05) is 13.2 Å². The summed E-state index contributed by atoms with van der Waals surface area (Å²) in [4.78, 5) is 0. The van der Waals surface area contributed by atoms with Crippen molar-refractivity contribution in [2.24, 2.45) is 23.7 Å². The molecule has 1 aliphatic carbocycles. The van der Waals surface area contributed by atoms with Gasteiger partial charge in [-0.2, -0.15) is 0 Å². The maximum atomic E-state index is 5.63. The molecule has 1 nitrogen and oxygen atoms in total. The first-order valence-electron chi connectivity index (χ1n) is 5.67. The standard InChI is InChI=1S/C12H24O/c1-9(2)7-13-8-11-5-12(6-11)10(3)4/h9-12H,5-8H2,1-4H3. The van der Waals surface area contributed by atoms with Crippen LogP contribution in [0.2, 0.25) is 0 Å². The Kier molecular flexibility index (Phi) is 4.24. The summed E-state index contributed by atoms with van der Waals surface area (Å²) in [7, 11) is 0. The highest BCUT2D eigenvalue weighted by Gasteiger charge is 2.30. The molecule has 0 unspecified atom stereocenters. The first-order valence-corrected chi connectivity index (χ1v) is 5.67. The van der Waals surface area contributed by atoms with Gasteiger partial charge < -0.3 is 4.74 Å². The lowest BCUT2D eigenvalue weighted by molar-refractivity contribution is 0.0196. The molecule has 0 bridgehead atoms. The van der Waals surface area contributed by atoms with E-state index in [1.165, 1.54) is 12.8 Å². The van der Waals surface area contributed by atoms with Crippen LogP contribution in [0, 0.1) is 23.7 Å². The second-order valence-corrected chi connectivity index (χ2v) is 5.27. The molecule has 1 fully saturated rings. The Morgan fingerprint density at radius 1 is 1.15 bits per heavy atom. The third-order valence-corrected chi connectivity index (χ3v) is 3.02. The zero-order valence-electron chi connectivity index (χ0n) is 9.55. The first-order chi connectivity index (χ1) is 6.09. The van der Waals surface area contributed by atoms with Crippen molar-refractivity contribution < 1.29 is 4.74 Å². The first kappa shape index (κ1) is 11.0. The van der Waals surface area contributed by atoms with Gasteiger partial charge in [0.05, 0.1) is 0 Å². The Bertz CT molecular complexity index is 134. The molecule has 78 valence electrons. The van der Waals surface area contributed by atoms with E-state index >= 15 is 0 Å². The maximum absolute atomic E-state index is 5.63. The molecular formula is C12H24O. The predicted molar refractivity (Wildman–Crippen MR) is 56.7 cm³/mol. The summed E-state index contributed by atoms with van der Waals surface area (Å²) < 4.78 is 5.63.